The van der Waals surface area contributed by atoms with Crippen LogP contribution >= 0.6 is 11.8 Å². The molecule has 0 fully saturated rings. The summed E-state index contributed by atoms with van der Waals surface area (Å²) >= 11 is 1.39. The lowest BCUT2D eigenvalue weighted by Gasteiger charge is -2.15. The molecule has 1 amide bonds. The number of nitrogens with one attached hydrogen (secondary N) is 1. The summed E-state index contributed by atoms with van der Waals surface area (Å²) in [5.41, 5.74) is -3.52. The number of carbonyl (C=O) groups excluding carboxylic acids is 1. The molecule has 0 aliphatic heterocycles. The van der Waals surface area contributed by atoms with Crippen molar-refractivity contribution in [2.45, 2.75) is 31.2 Å². The number of thioether (sulfide) groups is 1. The van der Waals surface area contributed by atoms with E-state index >= 15 is 0 Å². The molecule has 2 aromatic rings. The average Bonchev–Trinajstić information content (AvgIpc) is 2.58. The van der Waals surface area contributed by atoms with Crippen molar-refractivity contribution < 1.29 is 31.1 Å². The molecule has 10 heteroatoms. The summed E-state index contributed by atoms with van der Waals surface area (Å²) in [6.45, 7) is 3.99. The Labute approximate surface area is 161 Å². The number of alkyl halides is 6. The van der Waals surface area contributed by atoms with E-state index in [0.717, 1.165) is 5.75 Å². The van der Waals surface area contributed by atoms with Crippen LogP contribution in [0.25, 0.3) is 0 Å². The number of rotatable bonds is 5. The first-order chi connectivity index (χ1) is 12.9. The Morgan fingerprint density at radius 1 is 1.04 bits per heavy atom. The SMILES string of the molecule is CC(C)CSc1cc(C(=O)Nc2cc(C(F)(F)F)cc(C(F)(F)F)c2)ccn1. The van der Waals surface area contributed by atoms with Gasteiger partial charge in [0.15, 0.2) is 0 Å². The van der Waals surface area contributed by atoms with Crippen molar-refractivity contribution in [3.8, 4) is 0 Å². The maximum atomic E-state index is 12.9. The van der Waals surface area contributed by atoms with Crippen molar-refractivity contribution >= 4 is 23.4 Å². The summed E-state index contributed by atoms with van der Waals surface area (Å²) in [5.74, 6) is 0.275. The fourth-order valence-corrected chi connectivity index (χ4v) is 2.96. The molecule has 2 rings (SSSR count). The van der Waals surface area contributed by atoms with Crippen LogP contribution in [0.3, 0.4) is 0 Å². The molecule has 1 heterocycles. The van der Waals surface area contributed by atoms with Gasteiger partial charge in [0, 0.05) is 23.2 Å². The van der Waals surface area contributed by atoms with Gasteiger partial charge in [-0.3, -0.25) is 4.79 Å². The number of anilines is 1. The van der Waals surface area contributed by atoms with Crippen LogP contribution in [0.2, 0.25) is 0 Å². The van der Waals surface area contributed by atoms with E-state index in [1.807, 2.05) is 13.8 Å². The minimum absolute atomic E-state index is 0.00273. The summed E-state index contributed by atoms with van der Waals surface area (Å²) in [6, 6.07) is 3.68. The summed E-state index contributed by atoms with van der Waals surface area (Å²) in [4.78, 5) is 16.4. The molecule has 1 aromatic heterocycles. The Balaban J connectivity index is 2.29. The zero-order valence-corrected chi connectivity index (χ0v) is 15.6. The molecule has 0 radical (unpaired) electrons. The Morgan fingerprint density at radius 3 is 2.11 bits per heavy atom. The van der Waals surface area contributed by atoms with Gasteiger partial charge in [0.05, 0.1) is 16.2 Å². The number of pyridine rings is 1. The van der Waals surface area contributed by atoms with Gasteiger partial charge in [0.1, 0.15) is 0 Å². The van der Waals surface area contributed by atoms with Gasteiger partial charge in [-0.2, -0.15) is 26.3 Å². The molecular weight excluding hydrogens is 406 g/mol. The first-order valence-corrected chi connectivity index (χ1v) is 9.04. The highest BCUT2D eigenvalue weighted by atomic mass is 32.2. The quantitative estimate of drug-likeness (QED) is 0.466. The third kappa shape index (κ3) is 6.15. The van der Waals surface area contributed by atoms with Crippen LogP contribution in [0.5, 0.6) is 0 Å². The normalized spacial score (nSPS) is 12.3. The lowest BCUT2D eigenvalue weighted by atomic mass is 10.1. The molecule has 28 heavy (non-hydrogen) atoms. The highest BCUT2D eigenvalue weighted by Gasteiger charge is 2.37. The standard InChI is InChI=1S/C18H16F6N2OS/c1-10(2)9-28-15-5-11(3-4-25-15)16(27)26-14-7-12(17(19,20)21)6-13(8-14)18(22,23)24/h3-8,10H,9H2,1-2H3,(H,26,27). The van der Waals surface area contributed by atoms with E-state index < -0.39 is 35.1 Å². The second-order valence-corrected chi connectivity index (χ2v) is 7.38. The summed E-state index contributed by atoms with van der Waals surface area (Å²) in [7, 11) is 0. The average molecular weight is 422 g/mol. The molecule has 1 aromatic carbocycles. The van der Waals surface area contributed by atoms with Crippen LogP contribution < -0.4 is 5.32 Å². The predicted molar refractivity (Wildman–Crippen MR) is 94.2 cm³/mol. The molecule has 0 aliphatic rings. The lowest BCUT2D eigenvalue weighted by Crippen LogP contribution is -2.16. The topological polar surface area (TPSA) is 42.0 Å². The van der Waals surface area contributed by atoms with Crippen molar-refractivity contribution in [1.29, 1.82) is 0 Å². The molecule has 0 atom stereocenters. The van der Waals surface area contributed by atoms with Crippen molar-refractivity contribution in [2.75, 3.05) is 11.1 Å². The van der Waals surface area contributed by atoms with Crippen molar-refractivity contribution in [1.82, 2.24) is 4.98 Å². The van der Waals surface area contributed by atoms with E-state index in [4.69, 9.17) is 0 Å². The minimum Gasteiger partial charge on any atom is -0.322 e. The Hall–Kier alpha value is -2.23. The van der Waals surface area contributed by atoms with Gasteiger partial charge in [-0.25, -0.2) is 4.98 Å². The zero-order valence-electron chi connectivity index (χ0n) is 14.8. The molecule has 3 nitrogen and oxygen atoms in total. The number of hydrogen-bond donors (Lipinski definition) is 1. The number of amides is 1. The van der Waals surface area contributed by atoms with Crippen LogP contribution in [-0.4, -0.2) is 16.6 Å². The highest BCUT2D eigenvalue weighted by molar-refractivity contribution is 7.99. The van der Waals surface area contributed by atoms with Gasteiger partial charge in [-0.1, -0.05) is 13.8 Å². The van der Waals surface area contributed by atoms with E-state index in [-0.39, 0.29) is 11.6 Å². The minimum atomic E-state index is -4.99. The molecule has 0 saturated carbocycles. The van der Waals surface area contributed by atoms with Gasteiger partial charge in [0.2, 0.25) is 0 Å². The van der Waals surface area contributed by atoms with Gasteiger partial charge in [0.25, 0.3) is 5.91 Å². The van der Waals surface area contributed by atoms with Gasteiger partial charge < -0.3 is 5.32 Å². The van der Waals surface area contributed by atoms with Crippen molar-refractivity contribution in [3.05, 3.63) is 53.2 Å². The van der Waals surface area contributed by atoms with Crippen molar-refractivity contribution in [2.24, 2.45) is 5.92 Å². The van der Waals surface area contributed by atoms with Crippen LogP contribution in [0.1, 0.15) is 35.3 Å². The molecule has 0 aliphatic carbocycles. The number of nitrogens with zero attached hydrogens (tertiary/aromatic N) is 1. The largest absolute Gasteiger partial charge is 0.416 e. The van der Waals surface area contributed by atoms with Crippen LogP contribution in [0.4, 0.5) is 32.0 Å². The number of hydrogen-bond acceptors (Lipinski definition) is 3. The van der Waals surface area contributed by atoms with E-state index in [2.05, 4.69) is 10.3 Å². The zero-order chi connectivity index (χ0) is 21.1. The second-order valence-electron chi connectivity index (χ2n) is 6.34. The van der Waals surface area contributed by atoms with E-state index in [1.165, 1.54) is 30.1 Å². The number of benzene rings is 1. The second kappa shape index (κ2) is 8.42. The molecule has 152 valence electrons. The van der Waals surface area contributed by atoms with E-state index in [9.17, 15) is 31.1 Å². The predicted octanol–water partition coefficient (Wildman–Crippen LogP) is 6.12. The van der Waals surface area contributed by atoms with Gasteiger partial charge >= 0.3 is 12.4 Å². The molecule has 0 bridgehead atoms. The lowest BCUT2D eigenvalue weighted by molar-refractivity contribution is -0.143. The monoisotopic (exact) mass is 422 g/mol. The first kappa shape index (κ1) is 22.1. The van der Waals surface area contributed by atoms with E-state index in [0.29, 0.717) is 23.1 Å². The molecule has 0 unspecified atom stereocenters. The fraction of sp³-hybridized carbons (Fsp3) is 0.333. The van der Waals surface area contributed by atoms with Crippen molar-refractivity contribution in [3.63, 3.8) is 0 Å². The van der Waals surface area contributed by atoms with Crippen LogP contribution in [0.15, 0.2) is 41.6 Å². The number of aromatic nitrogens is 1. The third-order valence-corrected chi connectivity index (χ3v) is 4.76. The Bertz CT molecular complexity index is 816. The Morgan fingerprint density at radius 2 is 1.61 bits per heavy atom. The molecule has 1 N–H and O–H groups in total. The maximum Gasteiger partial charge on any atom is 0.416 e. The number of carbonyl (C=O) groups is 1. The summed E-state index contributed by atoms with van der Waals surface area (Å²) in [5, 5.41) is 2.63. The molecule has 0 spiro atoms. The highest BCUT2D eigenvalue weighted by Crippen LogP contribution is 2.37. The third-order valence-electron chi connectivity index (χ3n) is 3.41. The van der Waals surface area contributed by atoms with Gasteiger partial charge in [-0.05, 0) is 36.2 Å². The first-order valence-electron chi connectivity index (χ1n) is 8.06. The summed E-state index contributed by atoms with van der Waals surface area (Å²) < 4.78 is 77.4. The Kier molecular flexibility index (Phi) is 6.63. The molecule has 0 saturated heterocycles. The van der Waals surface area contributed by atoms with E-state index in [1.54, 1.807) is 0 Å². The number of halogens is 6. The summed E-state index contributed by atoms with van der Waals surface area (Å²) in [6.07, 6.45) is -8.62. The maximum absolute atomic E-state index is 12.9. The van der Waals surface area contributed by atoms with Crippen LogP contribution in [-0.2, 0) is 12.4 Å². The molecular formula is C18H16F6N2OS. The smallest absolute Gasteiger partial charge is 0.322 e. The van der Waals surface area contributed by atoms with Crippen LogP contribution in [0, 0.1) is 5.92 Å². The fourth-order valence-electron chi connectivity index (χ4n) is 2.11. The van der Waals surface area contributed by atoms with Gasteiger partial charge in [-0.15, -0.1) is 11.8 Å².